The van der Waals surface area contributed by atoms with Gasteiger partial charge in [0.15, 0.2) is 0 Å². The first-order chi connectivity index (χ1) is 6.97. The maximum absolute atomic E-state index is 5.57. The standard InChI is InChI=1S/C12H26N2O/c1-10(8-14-12(2,3)4)13-9-11-6-5-7-15-11/h10-11,13-14H,5-9H2,1-4H3. The van der Waals surface area contributed by atoms with Crippen molar-refractivity contribution in [1.29, 1.82) is 0 Å². The molecule has 3 heteroatoms. The Morgan fingerprint density at radius 1 is 1.40 bits per heavy atom. The van der Waals surface area contributed by atoms with Gasteiger partial charge in [0.2, 0.25) is 0 Å². The lowest BCUT2D eigenvalue weighted by Gasteiger charge is -2.24. The van der Waals surface area contributed by atoms with Crippen LogP contribution in [0.15, 0.2) is 0 Å². The monoisotopic (exact) mass is 214 g/mol. The number of hydrogen-bond acceptors (Lipinski definition) is 3. The number of ether oxygens (including phenoxy) is 1. The second-order valence-corrected chi connectivity index (χ2v) is 5.58. The molecule has 3 nitrogen and oxygen atoms in total. The average molecular weight is 214 g/mol. The van der Waals surface area contributed by atoms with Crippen molar-refractivity contribution in [2.75, 3.05) is 19.7 Å². The van der Waals surface area contributed by atoms with Gasteiger partial charge in [-0.1, -0.05) is 0 Å². The van der Waals surface area contributed by atoms with Gasteiger partial charge in [-0.2, -0.15) is 0 Å². The molecule has 0 amide bonds. The van der Waals surface area contributed by atoms with Crippen molar-refractivity contribution in [3.05, 3.63) is 0 Å². The molecule has 0 aromatic carbocycles. The zero-order valence-electron chi connectivity index (χ0n) is 10.6. The summed E-state index contributed by atoms with van der Waals surface area (Å²) in [6.45, 7) is 11.7. The van der Waals surface area contributed by atoms with Crippen molar-refractivity contribution in [3.63, 3.8) is 0 Å². The fraction of sp³-hybridized carbons (Fsp3) is 1.00. The minimum Gasteiger partial charge on any atom is -0.377 e. The van der Waals surface area contributed by atoms with Crippen LogP contribution in [0.1, 0.15) is 40.5 Å². The summed E-state index contributed by atoms with van der Waals surface area (Å²) in [5, 5.41) is 7.00. The van der Waals surface area contributed by atoms with E-state index in [1.807, 2.05) is 0 Å². The van der Waals surface area contributed by atoms with Gasteiger partial charge in [0.1, 0.15) is 0 Å². The lowest BCUT2D eigenvalue weighted by Crippen LogP contribution is -2.46. The molecule has 0 bridgehead atoms. The van der Waals surface area contributed by atoms with E-state index >= 15 is 0 Å². The van der Waals surface area contributed by atoms with Gasteiger partial charge >= 0.3 is 0 Å². The molecule has 1 rings (SSSR count). The zero-order valence-corrected chi connectivity index (χ0v) is 10.6. The molecular formula is C12H26N2O. The predicted octanol–water partition coefficient (Wildman–Crippen LogP) is 1.53. The minimum absolute atomic E-state index is 0.208. The average Bonchev–Trinajstić information content (AvgIpc) is 2.62. The van der Waals surface area contributed by atoms with Gasteiger partial charge in [-0.05, 0) is 40.5 Å². The van der Waals surface area contributed by atoms with E-state index in [0.717, 1.165) is 19.7 Å². The Labute approximate surface area is 94.0 Å². The highest BCUT2D eigenvalue weighted by atomic mass is 16.5. The molecule has 0 aliphatic carbocycles. The third-order valence-electron chi connectivity index (χ3n) is 2.66. The number of rotatable bonds is 5. The van der Waals surface area contributed by atoms with Crippen molar-refractivity contribution in [2.45, 2.75) is 58.2 Å². The molecule has 1 saturated heterocycles. The SMILES string of the molecule is CC(CNC(C)(C)C)NCC1CCCO1. The fourth-order valence-electron chi connectivity index (χ4n) is 1.67. The van der Waals surface area contributed by atoms with Crippen molar-refractivity contribution < 1.29 is 4.74 Å². The molecule has 0 aromatic rings. The fourth-order valence-corrected chi connectivity index (χ4v) is 1.67. The van der Waals surface area contributed by atoms with Crippen LogP contribution < -0.4 is 10.6 Å². The highest BCUT2D eigenvalue weighted by molar-refractivity contribution is 4.76. The van der Waals surface area contributed by atoms with Crippen LogP contribution in [0.2, 0.25) is 0 Å². The molecule has 0 radical (unpaired) electrons. The molecule has 90 valence electrons. The largest absolute Gasteiger partial charge is 0.377 e. The lowest BCUT2D eigenvalue weighted by atomic mass is 10.1. The Morgan fingerprint density at radius 2 is 2.13 bits per heavy atom. The molecule has 2 N–H and O–H groups in total. The van der Waals surface area contributed by atoms with Crippen LogP contribution in [0.5, 0.6) is 0 Å². The van der Waals surface area contributed by atoms with Crippen molar-refractivity contribution >= 4 is 0 Å². The summed E-state index contributed by atoms with van der Waals surface area (Å²) in [6.07, 6.45) is 2.88. The first-order valence-electron chi connectivity index (χ1n) is 6.07. The highest BCUT2D eigenvalue weighted by Gasteiger charge is 2.16. The second kappa shape index (κ2) is 5.83. The molecule has 0 aromatic heterocycles. The van der Waals surface area contributed by atoms with Crippen LogP contribution in [0.25, 0.3) is 0 Å². The third-order valence-corrected chi connectivity index (χ3v) is 2.66. The van der Waals surface area contributed by atoms with E-state index in [-0.39, 0.29) is 5.54 Å². The Bertz CT molecular complexity index is 171. The lowest BCUT2D eigenvalue weighted by molar-refractivity contribution is 0.107. The molecular weight excluding hydrogens is 188 g/mol. The Kier molecular flexibility index (Phi) is 5.03. The minimum atomic E-state index is 0.208. The van der Waals surface area contributed by atoms with Crippen LogP contribution in [0.4, 0.5) is 0 Å². The summed E-state index contributed by atoms with van der Waals surface area (Å²) in [4.78, 5) is 0. The molecule has 0 saturated carbocycles. The van der Waals surface area contributed by atoms with E-state index < -0.39 is 0 Å². The van der Waals surface area contributed by atoms with E-state index in [2.05, 4.69) is 38.3 Å². The molecule has 0 spiro atoms. The molecule has 2 unspecified atom stereocenters. The van der Waals surface area contributed by atoms with Gasteiger partial charge in [-0.25, -0.2) is 0 Å². The van der Waals surface area contributed by atoms with Gasteiger partial charge in [-0.15, -0.1) is 0 Å². The first-order valence-corrected chi connectivity index (χ1v) is 6.07. The van der Waals surface area contributed by atoms with Crippen molar-refractivity contribution in [2.24, 2.45) is 0 Å². The van der Waals surface area contributed by atoms with Gasteiger partial charge < -0.3 is 15.4 Å². The predicted molar refractivity (Wildman–Crippen MR) is 64.2 cm³/mol. The van der Waals surface area contributed by atoms with E-state index in [1.165, 1.54) is 12.8 Å². The normalized spacial score (nSPS) is 24.4. The quantitative estimate of drug-likeness (QED) is 0.728. The molecule has 1 aliphatic rings. The third kappa shape index (κ3) is 6.13. The first kappa shape index (κ1) is 12.9. The summed E-state index contributed by atoms with van der Waals surface area (Å²) in [5.74, 6) is 0. The van der Waals surface area contributed by atoms with E-state index in [0.29, 0.717) is 12.1 Å². The Hall–Kier alpha value is -0.120. The van der Waals surface area contributed by atoms with Crippen LogP contribution >= 0.6 is 0 Å². The van der Waals surface area contributed by atoms with Crippen molar-refractivity contribution in [3.8, 4) is 0 Å². The summed E-state index contributed by atoms with van der Waals surface area (Å²) in [5.41, 5.74) is 0.208. The summed E-state index contributed by atoms with van der Waals surface area (Å²) < 4.78 is 5.57. The van der Waals surface area contributed by atoms with Gasteiger partial charge in [-0.3, -0.25) is 0 Å². The smallest absolute Gasteiger partial charge is 0.0700 e. The molecule has 15 heavy (non-hydrogen) atoms. The van der Waals surface area contributed by atoms with Gasteiger partial charge in [0.05, 0.1) is 6.10 Å². The van der Waals surface area contributed by atoms with Gasteiger partial charge in [0, 0.05) is 31.3 Å². The van der Waals surface area contributed by atoms with Gasteiger partial charge in [0.25, 0.3) is 0 Å². The topological polar surface area (TPSA) is 33.3 Å². The summed E-state index contributed by atoms with van der Waals surface area (Å²) in [7, 11) is 0. The Balaban J connectivity index is 2.05. The number of hydrogen-bond donors (Lipinski definition) is 2. The number of nitrogens with one attached hydrogen (secondary N) is 2. The zero-order chi connectivity index (χ0) is 11.3. The Morgan fingerprint density at radius 3 is 2.67 bits per heavy atom. The van der Waals surface area contributed by atoms with Crippen molar-refractivity contribution in [1.82, 2.24) is 10.6 Å². The van der Waals surface area contributed by atoms with Crippen LogP contribution in [-0.4, -0.2) is 37.4 Å². The molecule has 1 fully saturated rings. The van der Waals surface area contributed by atoms with E-state index in [1.54, 1.807) is 0 Å². The highest BCUT2D eigenvalue weighted by Crippen LogP contribution is 2.10. The maximum atomic E-state index is 5.57. The molecule has 1 aliphatic heterocycles. The van der Waals surface area contributed by atoms with E-state index in [4.69, 9.17) is 4.74 Å². The summed E-state index contributed by atoms with van der Waals surface area (Å²) in [6, 6.07) is 0.508. The van der Waals surface area contributed by atoms with E-state index in [9.17, 15) is 0 Å². The maximum Gasteiger partial charge on any atom is 0.0700 e. The molecule has 2 atom stereocenters. The summed E-state index contributed by atoms with van der Waals surface area (Å²) >= 11 is 0. The molecule has 1 heterocycles. The van der Waals surface area contributed by atoms with Crippen LogP contribution in [0.3, 0.4) is 0 Å². The second-order valence-electron chi connectivity index (χ2n) is 5.58. The van der Waals surface area contributed by atoms with Crippen LogP contribution in [-0.2, 0) is 4.74 Å². The van der Waals surface area contributed by atoms with Crippen LogP contribution in [0, 0.1) is 0 Å².